The molecule has 1 N–H and O–H groups in total. The third kappa shape index (κ3) is 4.60. The van der Waals surface area contributed by atoms with Crippen molar-refractivity contribution in [1.29, 1.82) is 0 Å². The second kappa shape index (κ2) is 7.83. The number of ether oxygens (including phenoxy) is 2. The van der Waals surface area contributed by atoms with Crippen LogP contribution in [0.2, 0.25) is 0 Å². The summed E-state index contributed by atoms with van der Waals surface area (Å²) in [6.45, 7) is 3.86. The number of anilines is 1. The fourth-order valence-corrected chi connectivity index (χ4v) is 2.46. The molecule has 1 aromatic rings. The molecule has 2 rings (SSSR count). The molecule has 1 aromatic carbocycles. The highest BCUT2D eigenvalue weighted by Gasteiger charge is 2.16. The van der Waals surface area contributed by atoms with E-state index in [1.54, 1.807) is 12.1 Å². The number of nitro benzene ring substituents is 1. The molecule has 1 aliphatic rings. The van der Waals surface area contributed by atoms with Crippen LogP contribution in [0.1, 0.15) is 32.6 Å². The van der Waals surface area contributed by atoms with Crippen molar-refractivity contribution < 1.29 is 14.4 Å². The van der Waals surface area contributed by atoms with Gasteiger partial charge in [0.25, 0.3) is 0 Å². The van der Waals surface area contributed by atoms with Crippen LogP contribution in [0.15, 0.2) is 18.2 Å². The molecule has 0 bridgehead atoms. The lowest BCUT2D eigenvalue weighted by molar-refractivity contribution is -0.385. The first kappa shape index (κ1) is 15.6. The van der Waals surface area contributed by atoms with Crippen molar-refractivity contribution in [1.82, 2.24) is 0 Å². The van der Waals surface area contributed by atoms with Gasteiger partial charge in [-0.3, -0.25) is 10.1 Å². The smallest absolute Gasteiger partial charge is 0.311 e. The van der Waals surface area contributed by atoms with Gasteiger partial charge in [0, 0.05) is 31.0 Å². The quantitative estimate of drug-likeness (QED) is 0.616. The number of rotatable bonds is 7. The fourth-order valence-electron chi connectivity index (χ4n) is 2.46. The first-order valence-electron chi connectivity index (χ1n) is 7.47. The molecular weight excluding hydrogens is 272 g/mol. The van der Waals surface area contributed by atoms with Crippen LogP contribution in [-0.2, 0) is 4.74 Å². The Labute approximate surface area is 124 Å². The minimum atomic E-state index is -0.426. The molecule has 0 amide bonds. The maximum absolute atomic E-state index is 10.9. The van der Waals surface area contributed by atoms with Crippen LogP contribution in [0.3, 0.4) is 0 Å². The average molecular weight is 294 g/mol. The minimum absolute atomic E-state index is 0.00184. The van der Waals surface area contributed by atoms with Crippen molar-refractivity contribution >= 4 is 11.4 Å². The summed E-state index contributed by atoms with van der Waals surface area (Å²) in [5, 5.41) is 14.2. The Bertz CT molecular complexity index is 473. The molecule has 0 saturated carbocycles. The topological polar surface area (TPSA) is 73.6 Å². The first-order valence-corrected chi connectivity index (χ1v) is 7.47. The van der Waals surface area contributed by atoms with Gasteiger partial charge in [-0.15, -0.1) is 0 Å². The van der Waals surface area contributed by atoms with Crippen LogP contribution in [-0.4, -0.2) is 30.8 Å². The Kier molecular flexibility index (Phi) is 5.80. The van der Waals surface area contributed by atoms with Crippen LogP contribution in [0, 0.1) is 10.1 Å². The minimum Gasteiger partial charge on any atom is -0.487 e. The van der Waals surface area contributed by atoms with Gasteiger partial charge in [-0.05, 0) is 38.7 Å². The van der Waals surface area contributed by atoms with Crippen molar-refractivity contribution in [3.05, 3.63) is 28.3 Å². The average Bonchev–Trinajstić information content (AvgIpc) is 2.49. The van der Waals surface area contributed by atoms with Gasteiger partial charge in [0.2, 0.25) is 0 Å². The van der Waals surface area contributed by atoms with E-state index in [-0.39, 0.29) is 5.69 Å². The highest BCUT2D eigenvalue weighted by Crippen LogP contribution is 2.30. The Balaban J connectivity index is 1.90. The Morgan fingerprint density at radius 3 is 3.00 bits per heavy atom. The van der Waals surface area contributed by atoms with Gasteiger partial charge in [0.15, 0.2) is 5.75 Å². The maximum atomic E-state index is 10.9. The van der Waals surface area contributed by atoms with Gasteiger partial charge >= 0.3 is 5.69 Å². The molecule has 1 saturated heterocycles. The van der Waals surface area contributed by atoms with E-state index in [0.29, 0.717) is 18.5 Å². The molecule has 0 aliphatic carbocycles. The molecule has 116 valence electrons. The second-order valence-corrected chi connectivity index (χ2v) is 5.08. The van der Waals surface area contributed by atoms with Crippen molar-refractivity contribution in [2.75, 3.05) is 25.1 Å². The summed E-state index contributed by atoms with van der Waals surface area (Å²) in [5.74, 6) is 0.307. The zero-order valence-electron chi connectivity index (χ0n) is 12.3. The molecule has 1 heterocycles. The zero-order valence-corrected chi connectivity index (χ0v) is 12.3. The fraction of sp³-hybridized carbons (Fsp3) is 0.600. The lowest BCUT2D eigenvalue weighted by Crippen LogP contribution is -2.21. The zero-order chi connectivity index (χ0) is 15.1. The van der Waals surface area contributed by atoms with Gasteiger partial charge in [-0.1, -0.05) is 0 Å². The van der Waals surface area contributed by atoms with E-state index in [1.807, 2.05) is 6.92 Å². The molecule has 1 fully saturated rings. The number of hydrogen-bond acceptors (Lipinski definition) is 5. The van der Waals surface area contributed by atoms with E-state index in [9.17, 15) is 10.1 Å². The van der Waals surface area contributed by atoms with E-state index in [0.717, 1.165) is 38.1 Å². The molecule has 0 radical (unpaired) electrons. The van der Waals surface area contributed by atoms with E-state index in [1.165, 1.54) is 12.5 Å². The molecule has 1 atom stereocenters. The van der Waals surface area contributed by atoms with Crippen molar-refractivity contribution in [3.8, 4) is 5.75 Å². The summed E-state index contributed by atoms with van der Waals surface area (Å²) in [7, 11) is 0. The number of nitrogens with one attached hydrogen (secondary N) is 1. The highest BCUT2D eigenvalue weighted by molar-refractivity contribution is 5.57. The van der Waals surface area contributed by atoms with Crippen LogP contribution >= 0.6 is 0 Å². The van der Waals surface area contributed by atoms with Crippen LogP contribution < -0.4 is 10.1 Å². The summed E-state index contributed by atoms with van der Waals surface area (Å²) in [6.07, 6.45) is 4.78. The lowest BCUT2D eigenvalue weighted by atomic mass is 10.1. The summed E-state index contributed by atoms with van der Waals surface area (Å²) in [6, 6.07) is 4.87. The molecular formula is C15H22N2O4. The number of benzene rings is 1. The van der Waals surface area contributed by atoms with E-state index < -0.39 is 4.92 Å². The largest absolute Gasteiger partial charge is 0.487 e. The summed E-state index contributed by atoms with van der Waals surface area (Å²) in [4.78, 5) is 10.5. The predicted molar refractivity (Wildman–Crippen MR) is 81.0 cm³/mol. The van der Waals surface area contributed by atoms with Gasteiger partial charge in [0.1, 0.15) is 0 Å². The summed E-state index contributed by atoms with van der Waals surface area (Å²) < 4.78 is 11.0. The van der Waals surface area contributed by atoms with E-state index in [4.69, 9.17) is 9.47 Å². The molecule has 0 aromatic heterocycles. The molecule has 6 heteroatoms. The van der Waals surface area contributed by atoms with Gasteiger partial charge in [0.05, 0.1) is 17.6 Å². The third-order valence-corrected chi connectivity index (χ3v) is 3.53. The standard InChI is InChI=1S/C15H22N2O4/c1-2-20-15-11-12(6-7-14(15)17(18)19)16-9-8-13-5-3-4-10-21-13/h6-7,11,13,16H,2-5,8-10H2,1H3. The first-order chi connectivity index (χ1) is 10.2. The maximum Gasteiger partial charge on any atom is 0.311 e. The Hall–Kier alpha value is -1.82. The Morgan fingerprint density at radius 2 is 2.33 bits per heavy atom. The third-order valence-electron chi connectivity index (χ3n) is 3.53. The lowest BCUT2D eigenvalue weighted by Gasteiger charge is -2.22. The van der Waals surface area contributed by atoms with Crippen LogP contribution in [0.25, 0.3) is 0 Å². The van der Waals surface area contributed by atoms with Gasteiger partial charge in [-0.25, -0.2) is 0 Å². The molecule has 21 heavy (non-hydrogen) atoms. The molecule has 0 spiro atoms. The second-order valence-electron chi connectivity index (χ2n) is 5.08. The van der Waals surface area contributed by atoms with Crippen LogP contribution in [0.4, 0.5) is 11.4 Å². The monoisotopic (exact) mass is 294 g/mol. The van der Waals surface area contributed by atoms with Crippen LogP contribution in [0.5, 0.6) is 5.75 Å². The van der Waals surface area contributed by atoms with Crippen molar-refractivity contribution in [3.63, 3.8) is 0 Å². The summed E-state index contributed by atoms with van der Waals surface area (Å²) >= 11 is 0. The predicted octanol–water partition coefficient (Wildman–Crippen LogP) is 3.36. The number of nitrogens with zero attached hydrogens (tertiary/aromatic N) is 1. The highest BCUT2D eigenvalue weighted by atomic mass is 16.6. The molecule has 1 unspecified atom stereocenters. The van der Waals surface area contributed by atoms with Crippen molar-refractivity contribution in [2.24, 2.45) is 0 Å². The van der Waals surface area contributed by atoms with Gasteiger partial charge in [-0.2, -0.15) is 0 Å². The van der Waals surface area contributed by atoms with E-state index in [2.05, 4.69) is 5.32 Å². The number of hydrogen-bond donors (Lipinski definition) is 1. The molecule has 6 nitrogen and oxygen atoms in total. The normalized spacial score (nSPS) is 18.2. The Morgan fingerprint density at radius 1 is 1.48 bits per heavy atom. The van der Waals surface area contributed by atoms with Crippen molar-refractivity contribution in [2.45, 2.75) is 38.7 Å². The van der Waals surface area contributed by atoms with E-state index >= 15 is 0 Å². The summed E-state index contributed by atoms with van der Waals surface area (Å²) in [5.41, 5.74) is 0.831. The molecule has 1 aliphatic heterocycles. The van der Waals surface area contributed by atoms with Gasteiger partial charge < -0.3 is 14.8 Å². The SMILES string of the molecule is CCOc1cc(NCCC2CCCCO2)ccc1[N+](=O)[O-]. The number of nitro groups is 1.